The van der Waals surface area contributed by atoms with Crippen molar-refractivity contribution in [2.24, 2.45) is 0 Å². The average Bonchev–Trinajstić information content (AvgIpc) is 3.02. The summed E-state index contributed by atoms with van der Waals surface area (Å²) in [6.07, 6.45) is 5.78. The molecular formula is C17H26N2O. The maximum absolute atomic E-state index is 5.45. The van der Waals surface area contributed by atoms with E-state index in [2.05, 4.69) is 37.1 Å². The Balaban J connectivity index is 1.60. The Kier molecular flexibility index (Phi) is 4.37. The first-order valence-electron chi connectivity index (χ1n) is 8.01. The molecule has 0 spiro atoms. The molecule has 3 nitrogen and oxygen atoms in total. The first kappa shape index (κ1) is 14.0. The van der Waals surface area contributed by atoms with Gasteiger partial charge in [-0.2, -0.15) is 0 Å². The molecule has 1 atom stereocenters. The van der Waals surface area contributed by atoms with Crippen LogP contribution in [-0.4, -0.2) is 42.2 Å². The van der Waals surface area contributed by atoms with Gasteiger partial charge in [-0.3, -0.25) is 4.98 Å². The van der Waals surface area contributed by atoms with Gasteiger partial charge in [-0.05, 0) is 63.7 Å². The molecule has 1 aromatic rings. The number of piperidine rings is 1. The molecule has 0 bridgehead atoms. The number of likely N-dealkylation sites (tertiary alicyclic amines) is 1. The molecule has 2 fully saturated rings. The quantitative estimate of drug-likeness (QED) is 0.846. The minimum absolute atomic E-state index is 0.520. The maximum Gasteiger partial charge on any atom is 0.0550 e. The number of pyridine rings is 1. The lowest BCUT2D eigenvalue weighted by Crippen LogP contribution is -2.37. The third kappa shape index (κ3) is 3.04. The van der Waals surface area contributed by atoms with Crippen molar-refractivity contribution >= 4 is 0 Å². The van der Waals surface area contributed by atoms with Crippen molar-refractivity contribution in [3.63, 3.8) is 0 Å². The molecule has 2 aliphatic heterocycles. The topological polar surface area (TPSA) is 25.4 Å². The van der Waals surface area contributed by atoms with Gasteiger partial charge in [0.05, 0.1) is 6.61 Å². The molecule has 1 unspecified atom stereocenters. The highest BCUT2D eigenvalue weighted by atomic mass is 16.5. The summed E-state index contributed by atoms with van der Waals surface area (Å²) in [6.45, 7) is 8.77. The van der Waals surface area contributed by atoms with Gasteiger partial charge in [0.15, 0.2) is 0 Å². The van der Waals surface area contributed by atoms with Gasteiger partial charge in [0, 0.05) is 30.5 Å². The Labute approximate surface area is 122 Å². The molecule has 0 radical (unpaired) electrons. The van der Waals surface area contributed by atoms with Crippen molar-refractivity contribution in [3.05, 3.63) is 29.6 Å². The molecule has 3 rings (SSSR count). The average molecular weight is 274 g/mol. The molecule has 3 heteroatoms. The fraction of sp³-hybridized carbons (Fsp3) is 0.706. The van der Waals surface area contributed by atoms with E-state index in [-0.39, 0.29) is 0 Å². The number of ether oxygens (including phenoxy) is 1. The van der Waals surface area contributed by atoms with E-state index in [1.54, 1.807) is 0 Å². The van der Waals surface area contributed by atoms with Gasteiger partial charge >= 0.3 is 0 Å². The largest absolute Gasteiger partial charge is 0.381 e. The van der Waals surface area contributed by atoms with E-state index >= 15 is 0 Å². The summed E-state index contributed by atoms with van der Waals surface area (Å²) in [4.78, 5) is 7.27. The fourth-order valence-corrected chi connectivity index (χ4v) is 3.42. The monoisotopic (exact) mass is 274 g/mol. The van der Waals surface area contributed by atoms with E-state index in [9.17, 15) is 0 Å². The Morgan fingerprint density at radius 1 is 1.15 bits per heavy atom. The normalized spacial score (nSPS) is 25.4. The van der Waals surface area contributed by atoms with Crippen molar-refractivity contribution in [3.8, 4) is 0 Å². The molecule has 3 heterocycles. The van der Waals surface area contributed by atoms with Gasteiger partial charge in [-0.1, -0.05) is 6.07 Å². The number of hydrogen-bond donors (Lipinski definition) is 0. The van der Waals surface area contributed by atoms with Crippen LogP contribution in [0, 0.1) is 0 Å². The van der Waals surface area contributed by atoms with Gasteiger partial charge in [-0.15, -0.1) is 0 Å². The van der Waals surface area contributed by atoms with Gasteiger partial charge in [0.1, 0.15) is 0 Å². The highest BCUT2D eigenvalue weighted by Gasteiger charge is 2.23. The summed E-state index contributed by atoms with van der Waals surface area (Å²) in [7, 11) is 0. The number of hydrogen-bond acceptors (Lipinski definition) is 3. The van der Waals surface area contributed by atoms with Crippen LogP contribution in [0.1, 0.15) is 56.2 Å². The zero-order valence-corrected chi connectivity index (χ0v) is 12.7. The first-order chi connectivity index (χ1) is 9.74. The molecule has 0 aliphatic carbocycles. The highest BCUT2D eigenvalue weighted by Crippen LogP contribution is 2.30. The van der Waals surface area contributed by atoms with Gasteiger partial charge in [0.2, 0.25) is 0 Å². The Bertz CT molecular complexity index is 415. The van der Waals surface area contributed by atoms with E-state index in [1.165, 1.54) is 37.2 Å². The second-order valence-corrected chi connectivity index (χ2v) is 6.48. The summed E-state index contributed by atoms with van der Waals surface area (Å²) in [5.74, 6) is 1.22. The summed E-state index contributed by atoms with van der Waals surface area (Å²) in [5, 5.41) is 0. The van der Waals surface area contributed by atoms with Crippen LogP contribution in [0.25, 0.3) is 0 Å². The van der Waals surface area contributed by atoms with E-state index in [0.717, 1.165) is 19.6 Å². The van der Waals surface area contributed by atoms with E-state index < -0.39 is 0 Å². The van der Waals surface area contributed by atoms with Crippen LogP contribution >= 0.6 is 0 Å². The Morgan fingerprint density at radius 2 is 1.95 bits per heavy atom. The third-order valence-electron chi connectivity index (χ3n) is 4.89. The van der Waals surface area contributed by atoms with Gasteiger partial charge < -0.3 is 9.64 Å². The minimum atomic E-state index is 0.520. The van der Waals surface area contributed by atoms with E-state index in [4.69, 9.17) is 9.72 Å². The van der Waals surface area contributed by atoms with Crippen LogP contribution in [0.4, 0.5) is 0 Å². The van der Waals surface area contributed by atoms with Crippen molar-refractivity contribution in [1.29, 1.82) is 0 Å². The lowest BCUT2D eigenvalue weighted by molar-refractivity contribution is 0.172. The molecule has 0 aromatic carbocycles. The molecule has 0 N–H and O–H groups in total. The van der Waals surface area contributed by atoms with E-state index in [1.807, 2.05) is 0 Å². The summed E-state index contributed by atoms with van der Waals surface area (Å²) in [5.41, 5.74) is 2.64. The van der Waals surface area contributed by atoms with Gasteiger partial charge in [-0.25, -0.2) is 0 Å². The van der Waals surface area contributed by atoms with Crippen LogP contribution in [-0.2, 0) is 4.74 Å². The standard InChI is InChI=1S/C17H26N2O/c1-13(2)19-8-5-14(6-9-19)15-3-4-17(18-11-15)16-7-10-20-12-16/h3-4,11,13-14,16H,5-10,12H2,1-2H3. The summed E-state index contributed by atoms with van der Waals surface area (Å²) < 4.78 is 5.45. The number of nitrogens with zero attached hydrogens (tertiary/aromatic N) is 2. The third-order valence-corrected chi connectivity index (χ3v) is 4.89. The summed E-state index contributed by atoms with van der Waals surface area (Å²) >= 11 is 0. The van der Waals surface area contributed by atoms with Crippen molar-refractivity contribution < 1.29 is 4.74 Å². The predicted molar refractivity (Wildman–Crippen MR) is 81.1 cm³/mol. The lowest BCUT2D eigenvalue weighted by atomic mass is 9.89. The summed E-state index contributed by atoms with van der Waals surface area (Å²) in [6, 6.07) is 5.21. The van der Waals surface area contributed by atoms with Crippen molar-refractivity contribution in [2.75, 3.05) is 26.3 Å². The molecule has 110 valence electrons. The maximum atomic E-state index is 5.45. The highest BCUT2D eigenvalue weighted by molar-refractivity contribution is 5.21. The molecule has 2 saturated heterocycles. The van der Waals surface area contributed by atoms with Crippen molar-refractivity contribution in [1.82, 2.24) is 9.88 Å². The Morgan fingerprint density at radius 3 is 2.50 bits per heavy atom. The van der Waals surface area contributed by atoms with Crippen LogP contribution in [0.3, 0.4) is 0 Å². The van der Waals surface area contributed by atoms with Crippen LogP contribution in [0.5, 0.6) is 0 Å². The van der Waals surface area contributed by atoms with Crippen molar-refractivity contribution in [2.45, 2.75) is 51.0 Å². The number of rotatable bonds is 3. The fourth-order valence-electron chi connectivity index (χ4n) is 3.42. The smallest absolute Gasteiger partial charge is 0.0550 e. The Hall–Kier alpha value is -0.930. The van der Waals surface area contributed by atoms with Gasteiger partial charge in [0.25, 0.3) is 0 Å². The SMILES string of the molecule is CC(C)N1CCC(c2ccc(C3CCOC3)nc2)CC1. The lowest BCUT2D eigenvalue weighted by Gasteiger charge is -2.34. The molecule has 0 saturated carbocycles. The minimum Gasteiger partial charge on any atom is -0.381 e. The molecule has 20 heavy (non-hydrogen) atoms. The van der Waals surface area contributed by atoms with Crippen LogP contribution in [0.15, 0.2) is 18.3 Å². The predicted octanol–water partition coefficient (Wildman–Crippen LogP) is 3.17. The zero-order valence-electron chi connectivity index (χ0n) is 12.7. The first-order valence-corrected chi connectivity index (χ1v) is 8.01. The second kappa shape index (κ2) is 6.23. The van der Waals surface area contributed by atoms with E-state index in [0.29, 0.717) is 17.9 Å². The number of aromatic nitrogens is 1. The second-order valence-electron chi connectivity index (χ2n) is 6.48. The molecule has 2 aliphatic rings. The molecule has 0 amide bonds. The van der Waals surface area contributed by atoms with Crippen LogP contribution in [0.2, 0.25) is 0 Å². The van der Waals surface area contributed by atoms with Crippen LogP contribution < -0.4 is 0 Å². The molecular weight excluding hydrogens is 248 g/mol. The zero-order chi connectivity index (χ0) is 13.9. The molecule has 1 aromatic heterocycles.